The molecule has 0 spiro atoms. The van der Waals surface area contributed by atoms with Crippen LogP contribution >= 0.6 is 0 Å². The lowest BCUT2D eigenvalue weighted by molar-refractivity contribution is -0.152. The summed E-state index contributed by atoms with van der Waals surface area (Å²) >= 11 is 0. The van der Waals surface area contributed by atoms with E-state index in [4.69, 9.17) is 19.9 Å². The summed E-state index contributed by atoms with van der Waals surface area (Å²) in [6.07, 6.45) is 1.36. The van der Waals surface area contributed by atoms with Crippen molar-refractivity contribution >= 4 is 23.6 Å². The average molecular weight is 472 g/mol. The van der Waals surface area contributed by atoms with Crippen molar-refractivity contribution in [2.75, 3.05) is 33.0 Å². The molecule has 0 rings (SSSR count). The first-order valence-corrected chi connectivity index (χ1v) is 11.4. The Bertz CT molecular complexity index is 623. The first-order chi connectivity index (χ1) is 15.6. The SMILES string of the molecule is C=CC(=O)CCC(NC(=O)C(CC(C)C)NC(=O)CCOCCOCCN)C(=O)OC(C)C. The molecule has 0 aliphatic rings. The summed E-state index contributed by atoms with van der Waals surface area (Å²) in [5, 5.41) is 5.34. The topological polar surface area (TPSA) is 146 Å². The molecule has 2 unspecified atom stereocenters. The van der Waals surface area contributed by atoms with Gasteiger partial charge in [0.05, 0.1) is 32.5 Å². The van der Waals surface area contributed by atoms with Crippen molar-refractivity contribution in [3.05, 3.63) is 12.7 Å². The number of carbonyl (C=O) groups excluding carboxylic acids is 4. The van der Waals surface area contributed by atoms with E-state index in [9.17, 15) is 19.2 Å². The van der Waals surface area contributed by atoms with Gasteiger partial charge in [0.15, 0.2) is 5.78 Å². The Morgan fingerprint density at radius 1 is 0.909 bits per heavy atom. The molecule has 4 N–H and O–H groups in total. The molecule has 0 bridgehead atoms. The molecule has 0 saturated heterocycles. The van der Waals surface area contributed by atoms with Crippen LogP contribution in [0.2, 0.25) is 0 Å². The monoisotopic (exact) mass is 471 g/mol. The third-order valence-electron chi connectivity index (χ3n) is 4.33. The molecular weight excluding hydrogens is 430 g/mol. The second-order valence-electron chi connectivity index (χ2n) is 8.27. The smallest absolute Gasteiger partial charge is 0.328 e. The summed E-state index contributed by atoms with van der Waals surface area (Å²) in [5.41, 5.74) is 5.32. The summed E-state index contributed by atoms with van der Waals surface area (Å²) in [5.74, 6) is -1.62. The number of ketones is 1. The van der Waals surface area contributed by atoms with Gasteiger partial charge in [-0.25, -0.2) is 4.79 Å². The zero-order chi connectivity index (χ0) is 25.2. The van der Waals surface area contributed by atoms with E-state index in [0.29, 0.717) is 32.8 Å². The van der Waals surface area contributed by atoms with Crippen molar-refractivity contribution in [1.82, 2.24) is 10.6 Å². The molecule has 10 heteroatoms. The highest BCUT2D eigenvalue weighted by molar-refractivity contribution is 5.92. The van der Waals surface area contributed by atoms with Crippen LogP contribution in [0.15, 0.2) is 12.7 Å². The number of amides is 2. The Morgan fingerprint density at radius 2 is 1.55 bits per heavy atom. The van der Waals surface area contributed by atoms with Crippen molar-refractivity contribution in [1.29, 1.82) is 0 Å². The molecule has 0 fully saturated rings. The van der Waals surface area contributed by atoms with Gasteiger partial charge >= 0.3 is 5.97 Å². The molecular formula is C23H41N3O7. The number of ether oxygens (including phenoxy) is 3. The van der Waals surface area contributed by atoms with E-state index < -0.39 is 24.0 Å². The van der Waals surface area contributed by atoms with Gasteiger partial charge in [-0.1, -0.05) is 20.4 Å². The first kappa shape index (κ1) is 30.7. The molecule has 0 saturated carbocycles. The van der Waals surface area contributed by atoms with Crippen molar-refractivity contribution in [3.63, 3.8) is 0 Å². The number of carbonyl (C=O) groups is 4. The van der Waals surface area contributed by atoms with E-state index in [1.807, 2.05) is 13.8 Å². The number of esters is 1. The molecule has 0 heterocycles. The van der Waals surface area contributed by atoms with Gasteiger partial charge in [-0.3, -0.25) is 14.4 Å². The lowest BCUT2D eigenvalue weighted by atomic mass is 10.0. The molecule has 0 aliphatic heterocycles. The van der Waals surface area contributed by atoms with Crippen LogP contribution in [0.3, 0.4) is 0 Å². The van der Waals surface area contributed by atoms with E-state index in [1.54, 1.807) is 13.8 Å². The number of hydrogen-bond acceptors (Lipinski definition) is 8. The van der Waals surface area contributed by atoms with Crippen LogP contribution in [0.5, 0.6) is 0 Å². The molecule has 190 valence electrons. The van der Waals surface area contributed by atoms with E-state index in [1.165, 1.54) is 6.08 Å². The second-order valence-corrected chi connectivity index (χ2v) is 8.27. The molecule has 2 atom stereocenters. The Hall–Kier alpha value is -2.30. The highest BCUT2D eigenvalue weighted by Gasteiger charge is 2.28. The maximum Gasteiger partial charge on any atom is 0.328 e. The van der Waals surface area contributed by atoms with Gasteiger partial charge < -0.3 is 30.6 Å². The molecule has 0 aromatic heterocycles. The van der Waals surface area contributed by atoms with Crippen LogP contribution in [0.25, 0.3) is 0 Å². The van der Waals surface area contributed by atoms with E-state index >= 15 is 0 Å². The van der Waals surface area contributed by atoms with Gasteiger partial charge in [-0.15, -0.1) is 0 Å². The van der Waals surface area contributed by atoms with Crippen molar-refractivity contribution in [2.45, 2.75) is 71.6 Å². The van der Waals surface area contributed by atoms with Gasteiger partial charge in [0.1, 0.15) is 12.1 Å². The number of nitrogens with one attached hydrogen (secondary N) is 2. The number of hydrogen-bond donors (Lipinski definition) is 3. The minimum atomic E-state index is -1.01. The molecule has 0 aromatic carbocycles. The Labute approximate surface area is 197 Å². The van der Waals surface area contributed by atoms with Gasteiger partial charge in [0.25, 0.3) is 0 Å². The molecule has 2 amide bonds. The zero-order valence-electron chi connectivity index (χ0n) is 20.4. The minimum absolute atomic E-state index is 0.0369. The normalized spacial score (nSPS) is 12.8. The van der Waals surface area contributed by atoms with Crippen LogP contribution in [0.1, 0.15) is 53.4 Å². The van der Waals surface area contributed by atoms with Crippen LogP contribution in [-0.4, -0.2) is 74.7 Å². The molecule has 33 heavy (non-hydrogen) atoms. The molecule has 0 aliphatic carbocycles. The third-order valence-corrected chi connectivity index (χ3v) is 4.33. The fourth-order valence-electron chi connectivity index (χ4n) is 2.76. The van der Waals surface area contributed by atoms with Crippen molar-refractivity contribution in [2.24, 2.45) is 11.7 Å². The average Bonchev–Trinajstić information content (AvgIpc) is 2.74. The van der Waals surface area contributed by atoms with Gasteiger partial charge in [0.2, 0.25) is 11.8 Å². The maximum atomic E-state index is 12.9. The van der Waals surface area contributed by atoms with E-state index in [-0.39, 0.29) is 49.6 Å². The number of allylic oxidation sites excluding steroid dienone is 1. The Morgan fingerprint density at radius 3 is 2.09 bits per heavy atom. The van der Waals surface area contributed by atoms with Gasteiger partial charge in [-0.05, 0) is 38.7 Å². The fraction of sp³-hybridized carbons (Fsp3) is 0.739. The zero-order valence-corrected chi connectivity index (χ0v) is 20.4. The maximum absolute atomic E-state index is 12.9. The summed E-state index contributed by atoms with van der Waals surface area (Å²) in [6.45, 7) is 12.4. The molecule has 10 nitrogen and oxygen atoms in total. The summed E-state index contributed by atoms with van der Waals surface area (Å²) in [4.78, 5) is 49.3. The van der Waals surface area contributed by atoms with E-state index in [0.717, 1.165) is 0 Å². The van der Waals surface area contributed by atoms with E-state index in [2.05, 4.69) is 17.2 Å². The summed E-state index contributed by atoms with van der Waals surface area (Å²) in [6, 6.07) is -1.85. The fourth-order valence-corrected chi connectivity index (χ4v) is 2.76. The lowest BCUT2D eigenvalue weighted by Crippen LogP contribution is -2.52. The van der Waals surface area contributed by atoms with Crippen molar-refractivity contribution in [3.8, 4) is 0 Å². The second kappa shape index (κ2) is 18.2. The third kappa shape index (κ3) is 16.0. The number of rotatable bonds is 19. The van der Waals surface area contributed by atoms with Crippen LogP contribution < -0.4 is 16.4 Å². The molecule has 0 aromatic rings. The lowest BCUT2D eigenvalue weighted by Gasteiger charge is -2.24. The highest BCUT2D eigenvalue weighted by atomic mass is 16.5. The van der Waals surface area contributed by atoms with Crippen LogP contribution in [0, 0.1) is 5.92 Å². The summed E-state index contributed by atoms with van der Waals surface area (Å²) in [7, 11) is 0. The van der Waals surface area contributed by atoms with Gasteiger partial charge in [0, 0.05) is 19.4 Å². The predicted molar refractivity (Wildman–Crippen MR) is 124 cm³/mol. The number of nitrogens with two attached hydrogens (primary N) is 1. The first-order valence-electron chi connectivity index (χ1n) is 11.4. The van der Waals surface area contributed by atoms with Crippen molar-refractivity contribution < 1.29 is 33.4 Å². The molecule has 0 radical (unpaired) electrons. The van der Waals surface area contributed by atoms with Crippen LogP contribution in [0.4, 0.5) is 0 Å². The summed E-state index contributed by atoms with van der Waals surface area (Å²) < 4.78 is 15.7. The Kier molecular flexibility index (Phi) is 16.9. The highest BCUT2D eigenvalue weighted by Crippen LogP contribution is 2.09. The minimum Gasteiger partial charge on any atom is -0.461 e. The largest absolute Gasteiger partial charge is 0.461 e. The Balaban J connectivity index is 4.91. The quantitative estimate of drug-likeness (QED) is 0.143. The van der Waals surface area contributed by atoms with Crippen LogP contribution in [-0.2, 0) is 33.4 Å². The standard InChI is InChI=1S/C23H41N3O7/c1-6-18(27)7-8-19(23(30)33-17(4)5)26-22(29)20(15-16(2)3)25-21(28)9-11-31-13-14-32-12-10-24/h6,16-17,19-20H,1,7-15,24H2,2-5H3,(H,25,28)(H,26,29). The van der Waals surface area contributed by atoms with Gasteiger partial charge in [-0.2, -0.15) is 0 Å². The predicted octanol–water partition coefficient (Wildman–Crippen LogP) is 0.871.